The largest absolute Gasteiger partial charge is 0.381 e. The van der Waals surface area contributed by atoms with Crippen molar-refractivity contribution in [3.63, 3.8) is 0 Å². The first kappa shape index (κ1) is 21.4. The Morgan fingerprint density at radius 1 is 1.20 bits per heavy atom. The summed E-state index contributed by atoms with van der Waals surface area (Å²) < 4.78 is 28.5. The monoisotopic (exact) mass is 370 g/mol. The molecule has 2 amide bonds. The van der Waals surface area contributed by atoms with Crippen LogP contribution in [0.15, 0.2) is 29.2 Å². The topological polar surface area (TPSA) is 75.7 Å². The number of nitrogens with zero attached hydrogens (tertiary/aromatic N) is 1. The normalized spacial score (nSPS) is 12.9. The molecule has 0 radical (unpaired) electrons. The maximum atomic E-state index is 12.2. The second kappa shape index (κ2) is 9.77. The lowest BCUT2D eigenvalue weighted by atomic mass is 10.1. The van der Waals surface area contributed by atoms with Gasteiger partial charge < -0.3 is 15.0 Å². The first-order valence-electron chi connectivity index (χ1n) is 8.51. The predicted molar refractivity (Wildman–Crippen MR) is 99.4 cm³/mol. The lowest BCUT2D eigenvalue weighted by Crippen LogP contribution is -2.39. The third kappa shape index (κ3) is 7.44. The third-order valence-electron chi connectivity index (χ3n) is 3.88. The molecule has 25 heavy (non-hydrogen) atoms. The molecule has 0 bridgehead atoms. The molecule has 1 unspecified atom stereocenters. The number of urea groups is 1. The van der Waals surface area contributed by atoms with Gasteiger partial charge in [0.05, 0.1) is 10.9 Å². The highest BCUT2D eigenvalue weighted by molar-refractivity contribution is 7.90. The van der Waals surface area contributed by atoms with Crippen molar-refractivity contribution in [1.82, 2.24) is 10.2 Å². The maximum absolute atomic E-state index is 12.2. The molecule has 1 aromatic rings. The summed E-state index contributed by atoms with van der Waals surface area (Å²) in [7, 11) is -1.49. The van der Waals surface area contributed by atoms with Crippen LogP contribution in [0.3, 0.4) is 0 Å². The summed E-state index contributed by atoms with van der Waals surface area (Å²) in [6.07, 6.45) is 1.94. The van der Waals surface area contributed by atoms with Gasteiger partial charge in [0.1, 0.15) is 0 Å². The molecule has 1 N–H and O–H groups in total. The minimum atomic E-state index is -3.21. The summed E-state index contributed by atoms with van der Waals surface area (Å²) >= 11 is 0. The molecule has 142 valence electrons. The van der Waals surface area contributed by atoms with E-state index < -0.39 is 9.84 Å². The van der Waals surface area contributed by atoms with Crippen LogP contribution in [-0.4, -0.2) is 52.4 Å². The lowest BCUT2D eigenvalue weighted by molar-refractivity contribution is 0.107. The summed E-state index contributed by atoms with van der Waals surface area (Å²) in [4.78, 5) is 14.1. The van der Waals surface area contributed by atoms with Crippen LogP contribution in [0.4, 0.5) is 4.79 Å². The summed E-state index contributed by atoms with van der Waals surface area (Å²) in [5.74, 6) is 0.510. The van der Waals surface area contributed by atoms with E-state index in [1.54, 1.807) is 36.2 Å². The van der Waals surface area contributed by atoms with Gasteiger partial charge in [-0.1, -0.05) is 26.0 Å². The number of hydrogen-bond acceptors (Lipinski definition) is 4. The summed E-state index contributed by atoms with van der Waals surface area (Å²) in [6, 6.07) is 6.29. The predicted octanol–water partition coefficient (Wildman–Crippen LogP) is 2.86. The van der Waals surface area contributed by atoms with Crippen LogP contribution in [0, 0.1) is 5.92 Å². The van der Waals surface area contributed by atoms with E-state index in [0.29, 0.717) is 19.1 Å². The van der Waals surface area contributed by atoms with Crippen LogP contribution in [0.5, 0.6) is 0 Å². The number of nitrogens with one attached hydrogen (secondary N) is 1. The zero-order valence-corrected chi connectivity index (χ0v) is 16.6. The molecule has 0 aliphatic carbocycles. The first-order chi connectivity index (χ1) is 11.6. The van der Waals surface area contributed by atoms with Crippen molar-refractivity contribution in [2.45, 2.75) is 38.1 Å². The van der Waals surface area contributed by atoms with Gasteiger partial charge in [-0.3, -0.25) is 0 Å². The quantitative estimate of drug-likeness (QED) is 0.678. The Kier molecular flexibility index (Phi) is 8.38. The second-order valence-corrected chi connectivity index (χ2v) is 8.70. The molecule has 0 fully saturated rings. The van der Waals surface area contributed by atoms with Gasteiger partial charge >= 0.3 is 6.03 Å². The number of carbonyl (C=O) groups excluding carboxylic acids is 1. The van der Waals surface area contributed by atoms with Crippen LogP contribution in [0.1, 0.15) is 38.8 Å². The fourth-order valence-corrected chi connectivity index (χ4v) is 2.84. The molecule has 6 nitrogen and oxygen atoms in total. The van der Waals surface area contributed by atoms with Gasteiger partial charge in [-0.2, -0.15) is 0 Å². The Bertz CT molecular complexity index is 642. The lowest BCUT2D eigenvalue weighted by Gasteiger charge is -2.25. The number of carbonyl (C=O) groups is 1. The summed E-state index contributed by atoms with van der Waals surface area (Å²) in [6.45, 7) is 8.02. The van der Waals surface area contributed by atoms with Crippen molar-refractivity contribution in [3.05, 3.63) is 29.8 Å². The Morgan fingerprint density at radius 3 is 2.32 bits per heavy atom. The second-order valence-electron chi connectivity index (χ2n) is 6.68. The average molecular weight is 371 g/mol. The van der Waals surface area contributed by atoms with Gasteiger partial charge in [0, 0.05) is 33.1 Å². The highest BCUT2D eigenvalue weighted by Gasteiger charge is 2.17. The summed E-state index contributed by atoms with van der Waals surface area (Å²) in [5, 5.41) is 2.87. The number of amides is 2. The van der Waals surface area contributed by atoms with E-state index >= 15 is 0 Å². The molecule has 0 saturated carbocycles. The molecule has 0 saturated heterocycles. The van der Waals surface area contributed by atoms with Crippen molar-refractivity contribution >= 4 is 15.9 Å². The van der Waals surface area contributed by atoms with Crippen molar-refractivity contribution in [3.8, 4) is 0 Å². The van der Waals surface area contributed by atoms with Gasteiger partial charge in [0.15, 0.2) is 9.84 Å². The van der Waals surface area contributed by atoms with Crippen LogP contribution in [0.25, 0.3) is 0 Å². The van der Waals surface area contributed by atoms with E-state index in [-0.39, 0.29) is 17.0 Å². The van der Waals surface area contributed by atoms with E-state index in [4.69, 9.17) is 4.74 Å². The molecule has 0 aliphatic rings. The van der Waals surface area contributed by atoms with Gasteiger partial charge in [-0.15, -0.1) is 0 Å². The SMILES string of the molecule is CC(C)COCCCNC(=O)N(C)C(C)c1ccc(S(C)(=O)=O)cc1. The van der Waals surface area contributed by atoms with E-state index in [0.717, 1.165) is 18.6 Å². The van der Waals surface area contributed by atoms with E-state index in [1.807, 2.05) is 6.92 Å². The first-order valence-corrected chi connectivity index (χ1v) is 10.4. The molecule has 0 spiro atoms. The molecule has 0 aromatic heterocycles. The molecule has 0 heterocycles. The molecule has 0 aliphatic heterocycles. The standard InChI is InChI=1S/C18H30N2O4S/c1-14(2)13-24-12-6-11-19-18(21)20(4)15(3)16-7-9-17(10-8-16)25(5,22)23/h7-10,14-15H,6,11-13H2,1-5H3,(H,19,21). The van der Waals surface area contributed by atoms with Crippen molar-refractivity contribution in [1.29, 1.82) is 0 Å². The molecule has 1 rings (SSSR count). The van der Waals surface area contributed by atoms with Crippen LogP contribution < -0.4 is 5.32 Å². The summed E-state index contributed by atoms with van der Waals surface area (Å²) in [5.41, 5.74) is 0.880. The van der Waals surface area contributed by atoms with Gasteiger partial charge in [-0.25, -0.2) is 13.2 Å². The zero-order valence-electron chi connectivity index (χ0n) is 15.8. The van der Waals surface area contributed by atoms with Crippen LogP contribution >= 0.6 is 0 Å². The van der Waals surface area contributed by atoms with Gasteiger partial charge in [0.25, 0.3) is 0 Å². The number of rotatable bonds is 9. The van der Waals surface area contributed by atoms with Gasteiger partial charge in [0.2, 0.25) is 0 Å². The van der Waals surface area contributed by atoms with E-state index in [2.05, 4.69) is 19.2 Å². The highest BCUT2D eigenvalue weighted by Crippen LogP contribution is 2.20. The zero-order chi connectivity index (χ0) is 19.0. The highest BCUT2D eigenvalue weighted by atomic mass is 32.2. The van der Waals surface area contributed by atoms with Crippen molar-refractivity contribution in [2.75, 3.05) is 33.1 Å². The average Bonchev–Trinajstić information content (AvgIpc) is 2.55. The number of sulfone groups is 1. The fraction of sp³-hybridized carbons (Fsp3) is 0.611. The maximum Gasteiger partial charge on any atom is 0.317 e. The van der Waals surface area contributed by atoms with Crippen LogP contribution in [-0.2, 0) is 14.6 Å². The Morgan fingerprint density at radius 2 is 1.80 bits per heavy atom. The van der Waals surface area contributed by atoms with Crippen molar-refractivity contribution < 1.29 is 17.9 Å². The van der Waals surface area contributed by atoms with Gasteiger partial charge in [-0.05, 0) is 37.0 Å². The Balaban J connectivity index is 2.47. The fourth-order valence-electron chi connectivity index (χ4n) is 2.21. The minimum Gasteiger partial charge on any atom is -0.381 e. The number of ether oxygens (including phenoxy) is 1. The minimum absolute atomic E-state index is 0.161. The smallest absolute Gasteiger partial charge is 0.317 e. The van der Waals surface area contributed by atoms with E-state index in [1.165, 1.54) is 6.26 Å². The Hall–Kier alpha value is -1.60. The molecule has 1 aromatic carbocycles. The van der Waals surface area contributed by atoms with E-state index in [9.17, 15) is 13.2 Å². The van der Waals surface area contributed by atoms with Crippen molar-refractivity contribution in [2.24, 2.45) is 5.92 Å². The number of hydrogen-bond donors (Lipinski definition) is 1. The molecule has 1 atom stereocenters. The number of benzene rings is 1. The molecular weight excluding hydrogens is 340 g/mol. The Labute approximate surface area is 151 Å². The van der Waals surface area contributed by atoms with Crippen LogP contribution in [0.2, 0.25) is 0 Å². The third-order valence-corrected chi connectivity index (χ3v) is 5.01. The molecular formula is C18H30N2O4S. The molecule has 7 heteroatoms.